The van der Waals surface area contributed by atoms with Gasteiger partial charge in [-0.05, 0) is 22.9 Å². The molecule has 1 heterocycles. The molecule has 0 unspecified atom stereocenters. The average Bonchev–Trinajstić information content (AvgIpc) is 2.17. The molecule has 15 heavy (non-hydrogen) atoms. The zero-order valence-electron chi connectivity index (χ0n) is 7.78. The molecule has 0 aromatic carbocycles. The Bertz CT molecular complexity index is 396. The number of aliphatic hydroxyl groups excluding tert-OH is 1. The molecule has 0 fully saturated rings. The molecule has 0 amide bonds. The Labute approximate surface area is 83.5 Å². The summed E-state index contributed by atoms with van der Waals surface area (Å²) in [5.74, 6) is -0.642. The molecule has 82 valence electrons. The maximum Gasteiger partial charge on any atom is 0.367 e. The lowest BCUT2D eigenvalue weighted by atomic mass is 10.1. The lowest BCUT2D eigenvalue weighted by molar-refractivity contribution is -0.390. The van der Waals surface area contributed by atoms with Gasteiger partial charge >= 0.3 is 5.82 Å². The summed E-state index contributed by atoms with van der Waals surface area (Å²) in [7, 11) is 0. The molecule has 0 bridgehead atoms. The molecule has 7 heteroatoms. The van der Waals surface area contributed by atoms with Gasteiger partial charge in [0.2, 0.25) is 0 Å². The van der Waals surface area contributed by atoms with E-state index in [4.69, 9.17) is 5.11 Å². The Balaban J connectivity index is 3.40. The van der Waals surface area contributed by atoms with Crippen molar-refractivity contribution in [3.63, 3.8) is 0 Å². The summed E-state index contributed by atoms with van der Waals surface area (Å²) in [6, 6.07) is 0.965. The van der Waals surface area contributed by atoms with Crippen molar-refractivity contribution in [3.8, 4) is 0 Å². The number of pyridine rings is 1. The molecular weight excluding hydrogens is 210 g/mol. The van der Waals surface area contributed by atoms with Gasteiger partial charge in [-0.2, -0.15) is 0 Å². The van der Waals surface area contributed by atoms with E-state index in [2.05, 4.69) is 4.98 Å². The summed E-state index contributed by atoms with van der Waals surface area (Å²) in [5, 5.41) is 19.2. The van der Waals surface area contributed by atoms with Crippen molar-refractivity contribution in [3.05, 3.63) is 33.0 Å². The molecule has 0 atom stereocenters. The Kier molecular flexibility index (Phi) is 3.25. The molecule has 0 spiro atoms. The van der Waals surface area contributed by atoms with E-state index in [-0.39, 0.29) is 11.3 Å². The molecule has 0 radical (unpaired) electrons. The minimum Gasteiger partial charge on any atom is -0.388 e. The van der Waals surface area contributed by atoms with Gasteiger partial charge in [-0.3, -0.25) is 0 Å². The van der Waals surface area contributed by atoms with Crippen LogP contribution < -0.4 is 0 Å². The minimum atomic E-state index is -2.82. The molecular formula is C8H8F2N2O3. The van der Waals surface area contributed by atoms with Crippen LogP contribution in [0.4, 0.5) is 14.6 Å². The van der Waals surface area contributed by atoms with Crippen LogP contribution in [-0.2, 0) is 6.61 Å². The van der Waals surface area contributed by atoms with Crippen LogP contribution in [0, 0.1) is 17.0 Å². The van der Waals surface area contributed by atoms with E-state index in [1.165, 1.54) is 6.92 Å². The molecule has 0 saturated heterocycles. The van der Waals surface area contributed by atoms with Gasteiger partial charge in [0.15, 0.2) is 5.69 Å². The van der Waals surface area contributed by atoms with Crippen molar-refractivity contribution in [1.29, 1.82) is 0 Å². The first kappa shape index (κ1) is 11.4. The number of nitrogens with zero attached hydrogens (tertiary/aromatic N) is 2. The van der Waals surface area contributed by atoms with Crippen molar-refractivity contribution in [2.75, 3.05) is 0 Å². The van der Waals surface area contributed by atoms with Crippen LogP contribution in [-0.4, -0.2) is 15.0 Å². The quantitative estimate of drug-likeness (QED) is 0.619. The third-order valence-corrected chi connectivity index (χ3v) is 1.91. The second kappa shape index (κ2) is 4.26. The SMILES string of the molecule is Cc1c(C(F)F)cc(CO)nc1[N+](=O)[O-]. The molecule has 5 nitrogen and oxygen atoms in total. The summed E-state index contributed by atoms with van der Waals surface area (Å²) in [6.07, 6.45) is -2.82. The molecule has 1 N–H and O–H groups in total. The number of alkyl halides is 2. The topological polar surface area (TPSA) is 76.3 Å². The van der Waals surface area contributed by atoms with Gasteiger partial charge in [0.05, 0.1) is 5.56 Å². The Hall–Kier alpha value is -1.63. The van der Waals surface area contributed by atoms with Crippen LogP contribution in [0.3, 0.4) is 0 Å². The van der Waals surface area contributed by atoms with Crippen LogP contribution >= 0.6 is 0 Å². The van der Waals surface area contributed by atoms with E-state index in [0.29, 0.717) is 0 Å². The van der Waals surface area contributed by atoms with E-state index in [1.807, 2.05) is 0 Å². The fraction of sp³-hybridized carbons (Fsp3) is 0.375. The van der Waals surface area contributed by atoms with Gasteiger partial charge in [-0.25, -0.2) is 8.78 Å². The monoisotopic (exact) mass is 218 g/mol. The van der Waals surface area contributed by atoms with Crippen molar-refractivity contribution < 1.29 is 18.8 Å². The third kappa shape index (κ3) is 2.24. The van der Waals surface area contributed by atoms with Gasteiger partial charge in [0.25, 0.3) is 6.43 Å². The maximum absolute atomic E-state index is 12.5. The fourth-order valence-electron chi connectivity index (χ4n) is 1.15. The maximum atomic E-state index is 12.5. The summed E-state index contributed by atoms with van der Waals surface area (Å²) < 4.78 is 24.9. The molecule has 1 aromatic rings. The van der Waals surface area contributed by atoms with E-state index < -0.39 is 29.3 Å². The zero-order valence-corrected chi connectivity index (χ0v) is 7.78. The van der Waals surface area contributed by atoms with Crippen molar-refractivity contribution in [1.82, 2.24) is 4.98 Å². The van der Waals surface area contributed by atoms with Gasteiger partial charge < -0.3 is 15.2 Å². The largest absolute Gasteiger partial charge is 0.388 e. The lowest BCUT2D eigenvalue weighted by Gasteiger charge is -2.05. The average molecular weight is 218 g/mol. The smallest absolute Gasteiger partial charge is 0.367 e. The summed E-state index contributed by atoms with van der Waals surface area (Å²) in [6.45, 7) is 0.592. The number of aromatic nitrogens is 1. The third-order valence-electron chi connectivity index (χ3n) is 1.91. The highest BCUT2D eigenvalue weighted by Crippen LogP contribution is 2.28. The van der Waals surface area contributed by atoms with Crippen molar-refractivity contribution in [2.24, 2.45) is 0 Å². The molecule has 1 rings (SSSR count). The molecule has 0 aliphatic carbocycles. The van der Waals surface area contributed by atoms with Crippen molar-refractivity contribution >= 4 is 5.82 Å². The van der Waals surface area contributed by atoms with E-state index in [0.717, 1.165) is 6.07 Å². The standard InChI is InChI=1S/C8H8F2N2O3/c1-4-6(7(9)10)2-5(3-13)11-8(4)12(14)15/h2,7,13H,3H2,1H3. The van der Waals surface area contributed by atoms with Crippen LogP contribution in [0.1, 0.15) is 23.2 Å². The molecule has 0 saturated carbocycles. The highest BCUT2D eigenvalue weighted by atomic mass is 19.3. The Morgan fingerprint density at radius 3 is 2.67 bits per heavy atom. The van der Waals surface area contributed by atoms with Gasteiger partial charge in [-0.1, -0.05) is 0 Å². The van der Waals surface area contributed by atoms with Gasteiger partial charge in [0, 0.05) is 5.56 Å². The second-order valence-electron chi connectivity index (χ2n) is 2.87. The van der Waals surface area contributed by atoms with Gasteiger partial charge in [-0.15, -0.1) is 0 Å². The van der Waals surface area contributed by atoms with E-state index >= 15 is 0 Å². The first-order valence-electron chi connectivity index (χ1n) is 4.01. The summed E-state index contributed by atoms with van der Waals surface area (Å²) >= 11 is 0. The summed E-state index contributed by atoms with van der Waals surface area (Å²) in [5.41, 5.74) is -0.782. The zero-order chi connectivity index (χ0) is 11.6. The normalized spacial score (nSPS) is 10.7. The highest BCUT2D eigenvalue weighted by molar-refractivity contribution is 5.40. The fourth-order valence-corrected chi connectivity index (χ4v) is 1.15. The van der Waals surface area contributed by atoms with Crippen LogP contribution in [0.2, 0.25) is 0 Å². The number of rotatable bonds is 3. The van der Waals surface area contributed by atoms with Crippen LogP contribution in [0.25, 0.3) is 0 Å². The minimum absolute atomic E-state index is 0.136. The summed E-state index contributed by atoms with van der Waals surface area (Å²) in [4.78, 5) is 13.1. The Morgan fingerprint density at radius 2 is 2.27 bits per heavy atom. The predicted octanol–water partition coefficient (Wildman–Crippen LogP) is 1.73. The van der Waals surface area contributed by atoms with Crippen molar-refractivity contribution in [2.45, 2.75) is 20.0 Å². The number of aliphatic hydroxyl groups is 1. The van der Waals surface area contributed by atoms with Gasteiger partial charge in [0.1, 0.15) is 6.61 Å². The number of hydrogen-bond donors (Lipinski definition) is 1. The molecule has 0 aliphatic heterocycles. The molecule has 0 aliphatic rings. The van der Waals surface area contributed by atoms with E-state index in [9.17, 15) is 18.9 Å². The lowest BCUT2D eigenvalue weighted by Crippen LogP contribution is -2.03. The van der Waals surface area contributed by atoms with E-state index in [1.54, 1.807) is 0 Å². The predicted molar refractivity (Wildman–Crippen MR) is 46.5 cm³/mol. The molecule has 1 aromatic heterocycles. The first-order chi connectivity index (χ1) is 6.97. The van der Waals surface area contributed by atoms with Crippen LogP contribution in [0.5, 0.6) is 0 Å². The number of hydrogen-bond acceptors (Lipinski definition) is 4. The van der Waals surface area contributed by atoms with Crippen LogP contribution in [0.15, 0.2) is 6.07 Å². The number of nitro groups is 1. The first-order valence-corrected chi connectivity index (χ1v) is 4.01. The Morgan fingerprint density at radius 1 is 1.67 bits per heavy atom. The number of halogens is 2. The highest BCUT2D eigenvalue weighted by Gasteiger charge is 2.23. The second-order valence-corrected chi connectivity index (χ2v) is 2.87.